The third-order valence-corrected chi connectivity index (χ3v) is 1.64. The Hall–Kier alpha value is -1.10. The summed E-state index contributed by atoms with van der Waals surface area (Å²) in [6.45, 7) is 0.416. The zero-order valence-electron chi connectivity index (χ0n) is 6.17. The maximum Gasteiger partial charge on any atom is 0.242 e. The third-order valence-electron chi connectivity index (χ3n) is 1.64. The molecular weight excluding hydrogens is 142 g/mol. The fraction of sp³-hybridized carbons (Fsp3) is 0.667. The van der Waals surface area contributed by atoms with Crippen LogP contribution in [0.25, 0.3) is 0 Å². The summed E-state index contributed by atoms with van der Waals surface area (Å²) in [5.41, 5.74) is 5.35. The second kappa shape index (κ2) is 2.50. The van der Waals surface area contributed by atoms with Crippen LogP contribution in [-0.2, 0) is 6.54 Å². The van der Waals surface area contributed by atoms with Crippen LogP contribution >= 0.6 is 0 Å². The van der Waals surface area contributed by atoms with Crippen molar-refractivity contribution in [2.24, 2.45) is 5.73 Å². The molecular formula is C6H11N5. The first-order valence-electron chi connectivity index (χ1n) is 3.76. The van der Waals surface area contributed by atoms with Crippen molar-refractivity contribution in [3.05, 3.63) is 5.82 Å². The fourth-order valence-electron chi connectivity index (χ4n) is 0.861. The van der Waals surface area contributed by atoms with E-state index < -0.39 is 0 Å². The lowest BCUT2D eigenvalue weighted by Crippen LogP contribution is -2.03. The Balaban J connectivity index is 1.99. The Bertz CT molecular complexity index is 239. The molecule has 1 aromatic heterocycles. The summed E-state index contributed by atoms with van der Waals surface area (Å²) in [6, 6.07) is 0.594. The van der Waals surface area contributed by atoms with Crippen LogP contribution in [0.1, 0.15) is 18.7 Å². The molecule has 1 fully saturated rings. The highest BCUT2D eigenvalue weighted by Gasteiger charge is 2.22. The largest absolute Gasteiger partial charge is 0.350 e. The predicted molar refractivity (Wildman–Crippen MR) is 40.9 cm³/mol. The van der Waals surface area contributed by atoms with Gasteiger partial charge in [-0.1, -0.05) is 0 Å². The van der Waals surface area contributed by atoms with Crippen LogP contribution in [-0.4, -0.2) is 21.2 Å². The number of rotatable bonds is 3. The number of hydrogen-bond acceptors (Lipinski definition) is 4. The molecule has 5 nitrogen and oxygen atoms in total. The van der Waals surface area contributed by atoms with E-state index in [9.17, 15) is 0 Å². The Morgan fingerprint density at radius 2 is 2.45 bits per heavy atom. The minimum Gasteiger partial charge on any atom is -0.350 e. The molecule has 0 saturated heterocycles. The van der Waals surface area contributed by atoms with Gasteiger partial charge in [0.05, 0.1) is 6.54 Å². The first-order chi connectivity index (χ1) is 5.38. The standard InChI is InChI=1S/C6H11N5/c7-3-5-9-6(11-10-5)8-4-1-2-4/h4H,1-3,7H2,(H2,8,9,10,11). The molecule has 1 aromatic rings. The molecule has 0 aliphatic heterocycles. The van der Waals surface area contributed by atoms with Crippen molar-refractivity contribution in [2.45, 2.75) is 25.4 Å². The Morgan fingerprint density at radius 3 is 3.00 bits per heavy atom. The smallest absolute Gasteiger partial charge is 0.242 e. The molecule has 4 N–H and O–H groups in total. The molecule has 0 unspecified atom stereocenters. The molecule has 0 atom stereocenters. The van der Waals surface area contributed by atoms with Gasteiger partial charge in [-0.15, -0.1) is 5.10 Å². The second-order valence-corrected chi connectivity index (χ2v) is 2.73. The molecule has 0 spiro atoms. The van der Waals surface area contributed by atoms with Gasteiger partial charge in [0, 0.05) is 6.04 Å². The summed E-state index contributed by atoms with van der Waals surface area (Å²) in [7, 11) is 0. The normalized spacial score (nSPS) is 16.8. The second-order valence-electron chi connectivity index (χ2n) is 2.73. The summed E-state index contributed by atoms with van der Waals surface area (Å²) in [6.07, 6.45) is 2.46. The lowest BCUT2D eigenvalue weighted by atomic mass is 10.6. The zero-order chi connectivity index (χ0) is 7.68. The highest BCUT2D eigenvalue weighted by atomic mass is 15.3. The minimum atomic E-state index is 0.416. The number of H-pyrrole nitrogens is 1. The van der Waals surface area contributed by atoms with Crippen LogP contribution in [0.15, 0.2) is 0 Å². The molecule has 2 rings (SSSR count). The molecule has 11 heavy (non-hydrogen) atoms. The van der Waals surface area contributed by atoms with E-state index in [1.807, 2.05) is 0 Å². The molecule has 1 saturated carbocycles. The van der Waals surface area contributed by atoms with Gasteiger partial charge in [0.1, 0.15) is 5.82 Å². The van der Waals surface area contributed by atoms with Gasteiger partial charge in [0.2, 0.25) is 5.95 Å². The van der Waals surface area contributed by atoms with E-state index in [4.69, 9.17) is 5.73 Å². The number of aromatic amines is 1. The van der Waals surface area contributed by atoms with Crippen molar-refractivity contribution >= 4 is 5.95 Å². The van der Waals surface area contributed by atoms with Crippen LogP contribution < -0.4 is 11.1 Å². The summed E-state index contributed by atoms with van der Waals surface area (Å²) in [5, 5.41) is 9.84. The lowest BCUT2D eigenvalue weighted by Gasteiger charge is -1.93. The van der Waals surface area contributed by atoms with Crippen molar-refractivity contribution in [3.63, 3.8) is 0 Å². The van der Waals surface area contributed by atoms with E-state index >= 15 is 0 Å². The van der Waals surface area contributed by atoms with Gasteiger partial charge < -0.3 is 11.1 Å². The van der Waals surface area contributed by atoms with Crippen molar-refractivity contribution in [1.29, 1.82) is 0 Å². The topological polar surface area (TPSA) is 79.6 Å². The summed E-state index contributed by atoms with van der Waals surface area (Å²) >= 11 is 0. The first kappa shape index (κ1) is 6.60. The van der Waals surface area contributed by atoms with Gasteiger partial charge in [-0.05, 0) is 12.8 Å². The van der Waals surface area contributed by atoms with E-state index in [1.165, 1.54) is 12.8 Å². The molecule has 1 aliphatic rings. The van der Waals surface area contributed by atoms with Crippen molar-refractivity contribution < 1.29 is 0 Å². The molecule has 0 bridgehead atoms. The van der Waals surface area contributed by atoms with Gasteiger partial charge in [0.25, 0.3) is 0 Å². The average molecular weight is 153 g/mol. The van der Waals surface area contributed by atoms with Crippen molar-refractivity contribution in [3.8, 4) is 0 Å². The fourth-order valence-corrected chi connectivity index (χ4v) is 0.861. The van der Waals surface area contributed by atoms with Gasteiger partial charge in [-0.25, -0.2) is 0 Å². The molecule has 0 amide bonds. The van der Waals surface area contributed by atoms with Gasteiger partial charge >= 0.3 is 0 Å². The number of hydrogen-bond donors (Lipinski definition) is 3. The Labute approximate surface area is 64.4 Å². The average Bonchev–Trinajstić information content (AvgIpc) is 2.68. The number of nitrogens with one attached hydrogen (secondary N) is 2. The number of aromatic nitrogens is 3. The van der Waals surface area contributed by atoms with Gasteiger partial charge in [-0.3, -0.25) is 5.10 Å². The first-order valence-corrected chi connectivity index (χ1v) is 3.76. The number of anilines is 1. The Morgan fingerprint density at radius 1 is 1.64 bits per heavy atom. The van der Waals surface area contributed by atoms with E-state index in [1.54, 1.807) is 0 Å². The van der Waals surface area contributed by atoms with E-state index in [-0.39, 0.29) is 0 Å². The third kappa shape index (κ3) is 1.48. The maximum atomic E-state index is 5.35. The van der Waals surface area contributed by atoms with E-state index in [2.05, 4.69) is 20.5 Å². The lowest BCUT2D eigenvalue weighted by molar-refractivity contribution is 0.917. The van der Waals surface area contributed by atoms with Crippen molar-refractivity contribution in [1.82, 2.24) is 15.2 Å². The number of nitrogens with two attached hydrogens (primary N) is 1. The van der Waals surface area contributed by atoms with Gasteiger partial charge in [-0.2, -0.15) is 4.98 Å². The monoisotopic (exact) mass is 153 g/mol. The van der Waals surface area contributed by atoms with Crippen LogP contribution in [0.4, 0.5) is 5.95 Å². The molecule has 5 heteroatoms. The molecule has 0 radical (unpaired) electrons. The highest BCUT2D eigenvalue weighted by molar-refractivity contribution is 5.26. The van der Waals surface area contributed by atoms with Gasteiger partial charge in [0.15, 0.2) is 0 Å². The van der Waals surface area contributed by atoms with Crippen LogP contribution in [0.2, 0.25) is 0 Å². The number of nitrogens with zero attached hydrogens (tertiary/aromatic N) is 2. The molecule has 1 heterocycles. The highest BCUT2D eigenvalue weighted by Crippen LogP contribution is 2.22. The molecule has 1 aliphatic carbocycles. The minimum absolute atomic E-state index is 0.416. The van der Waals surface area contributed by atoms with Crippen LogP contribution in [0, 0.1) is 0 Å². The Kier molecular flexibility index (Phi) is 1.50. The SMILES string of the molecule is NCc1nc(NC2CC2)n[nH]1. The zero-order valence-corrected chi connectivity index (χ0v) is 6.17. The predicted octanol–water partition coefficient (Wildman–Crippen LogP) is -0.162. The van der Waals surface area contributed by atoms with E-state index in [0.29, 0.717) is 18.5 Å². The summed E-state index contributed by atoms with van der Waals surface area (Å²) < 4.78 is 0. The van der Waals surface area contributed by atoms with Crippen LogP contribution in [0.5, 0.6) is 0 Å². The van der Waals surface area contributed by atoms with Crippen molar-refractivity contribution in [2.75, 3.05) is 5.32 Å². The van der Waals surface area contributed by atoms with Crippen LogP contribution in [0.3, 0.4) is 0 Å². The molecule has 0 aromatic carbocycles. The summed E-state index contributed by atoms with van der Waals surface area (Å²) in [5.74, 6) is 1.40. The van der Waals surface area contributed by atoms with E-state index in [0.717, 1.165) is 5.82 Å². The quantitative estimate of drug-likeness (QED) is 0.563. The summed E-state index contributed by atoms with van der Waals surface area (Å²) in [4.78, 5) is 4.11. The maximum absolute atomic E-state index is 5.35. The molecule has 60 valence electrons.